The maximum Gasteiger partial charge on any atom is 0.357 e. The Morgan fingerprint density at radius 1 is 1.21 bits per heavy atom. The second kappa shape index (κ2) is 3.53. The molecule has 2 rings (SSSR count). The van der Waals surface area contributed by atoms with Crippen LogP contribution in [0.4, 0.5) is 0 Å². The van der Waals surface area contributed by atoms with Crippen molar-refractivity contribution in [1.82, 2.24) is 9.97 Å². The number of aryl methyl sites for hydroxylation is 2. The zero-order chi connectivity index (χ0) is 10.1. The van der Waals surface area contributed by atoms with Crippen molar-refractivity contribution in [3.8, 4) is 0 Å². The number of carboxylic acids is 1. The number of halogens is 1. The molecular formula is C9H9ClN2O2. The molecule has 4 nitrogen and oxygen atoms in total. The summed E-state index contributed by atoms with van der Waals surface area (Å²) in [5, 5.41) is 8.78. The summed E-state index contributed by atoms with van der Waals surface area (Å²) in [6.45, 7) is 0. The molecule has 5 heteroatoms. The van der Waals surface area contributed by atoms with E-state index in [0.717, 1.165) is 37.1 Å². The van der Waals surface area contributed by atoms with E-state index in [4.69, 9.17) is 16.7 Å². The van der Waals surface area contributed by atoms with Crippen LogP contribution in [0.25, 0.3) is 0 Å². The Kier molecular flexibility index (Phi) is 2.37. The van der Waals surface area contributed by atoms with Crippen LogP contribution in [0.2, 0.25) is 5.15 Å². The Morgan fingerprint density at radius 2 is 1.79 bits per heavy atom. The number of fused-ring (bicyclic) bond motifs is 1. The predicted molar refractivity (Wildman–Crippen MR) is 50.6 cm³/mol. The van der Waals surface area contributed by atoms with Gasteiger partial charge in [-0.3, -0.25) is 0 Å². The van der Waals surface area contributed by atoms with Crippen LogP contribution >= 0.6 is 11.6 Å². The Morgan fingerprint density at radius 3 is 2.36 bits per heavy atom. The topological polar surface area (TPSA) is 63.1 Å². The average molecular weight is 213 g/mol. The summed E-state index contributed by atoms with van der Waals surface area (Å²) < 4.78 is 0. The van der Waals surface area contributed by atoms with Crippen molar-refractivity contribution >= 4 is 17.6 Å². The van der Waals surface area contributed by atoms with E-state index in [-0.39, 0.29) is 10.8 Å². The van der Waals surface area contributed by atoms with Gasteiger partial charge in [0.05, 0.1) is 11.4 Å². The molecule has 1 aliphatic carbocycles. The molecule has 0 unspecified atom stereocenters. The lowest BCUT2D eigenvalue weighted by Gasteiger charge is -2.14. The van der Waals surface area contributed by atoms with Gasteiger partial charge in [-0.15, -0.1) is 0 Å². The van der Waals surface area contributed by atoms with Gasteiger partial charge in [-0.25, -0.2) is 14.8 Å². The van der Waals surface area contributed by atoms with Crippen molar-refractivity contribution in [3.63, 3.8) is 0 Å². The molecule has 1 heterocycles. The second-order valence-corrected chi connectivity index (χ2v) is 3.63. The van der Waals surface area contributed by atoms with Gasteiger partial charge in [0.2, 0.25) is 0 Å². The summed E-state index contributed by atoms with van der Waals surface area (Å²) in [5.41, 5.74) is 1.51. The zero-order valence-electron chi connectivity index (χ0n) is 7.46. The van der Waals surface area contributed by atoms with E-state index in [1.807, 2.05) is 0 Å². The van der Waals surface area contributed by atoms with Crippen LogP contribution in [0.15, 0.2) is 0 Å². The number of aromatic carboxylic acids is 1. The van der Waals surface area contributed by atoms with Gasteiger partial charge < -0.3 is 5.11 Å². The number of hydrogen-bond acceptors (Lipinski definition) is 3. The van der Waals surface area contributed by atoms with Crippen molar-refractivity contribution in [1.29, 1.82) is 0 Å². The Labute approximate surface area is 85.9 Å². The lowest BCUT2D eigenvalue weighted by atomic mass is 10.0. The van der Waals surface area contributed by atoms with Crippen molar-refractivity contribution in [2.24, 2.45) is 0 Å². The van der Waals surface area contributed by atoms with E-state index in [9.17, 15) is 4.79 Å². The van der Waals surface area contributed by atoms with Crippen molar-refractivity contribution in [3.05, 3.63) is 22.2 Å². The zero-order valence-corrected chi connectivity index (χ0v) is 8.21. The molecule has 0 radical (unpaired) electrons. The SMILES string of the molecule is O=C(O)c1nc2c(nc1Cl)CCCC2. The molecule has 1 N–H and O–H groups in total. The monoisotopic (exact) mass is 212 g/mol. The van der Waals surface area contributed by atoms with Gasteiger partial charge in [0, 0.05) is 0 Å². The fourth-order valence-electron chi connectivity index (χ4n) is 1.60. The van der Waals surface area contributed by atoms with Gasteiger partial charge >= 0.3 is 5.97 Å². The van der Waals surface area contributed by atoms with E-state index in [0.29, 0.717) is 0 Å². The summed E-state index contributed by atoms with van der Waals surface area (Å²) in [4.78, 5) is 18.8. The molecular weight excluding hydrogens is 204 g/mol. The van der Waals surface area contributed by atoms with Crippen LogP contribution in [0.1, 0.15) is 34.7 Å². The average Bonchev–Trinajstić information content (AvgIpc) is 2.16. The normalized spacial score (nSPS) is 14.9. The minimum absolute atomic E-state index is 0.00171. The third-order valence-electron chi connectivity index (χ3n) is 2.29. The second-order valence-electron chi connectivity index (χ2n) is 3.27. The molecule has 0 saturated carbocycles. The first-order chi connectivity index (χ1) is 6.68. The number of aromatic nitrogens is 2. The number of carbonyl (C=O) groups is 1. The van der Waals surface area contributed by atoms with Gasteiger partial charge in [-0.2, -0.15) is 0 Å². The minimum Gasteiger partial charge on any atom is -0.476 e. The molecule has 0 amide bonds. The van der Waals surface area contributed by atoms with Crippen LogP contribution < -0.4 is 0 Å². The highest BCUT2D eigenvalue weighted by atomic mass is 35.5. The predicted octanol–water partition coefficient (Wildman–Crippen LogP) is 1.71. The van der Waals surface area contributed by atoms with Crippen molar-refractivity contribution < 1.29 is 9.90 Å². The van der Waals surface area contributed by atoms with Gasteiger partial charge in [0.1, 0.15) is 0 Å². The molecule has 0 atom stereocenters. The van der Waals surface area contributed by atoms with Gasteiger partial charge in [-0.1, -0.05) is 11.6 Å². The fourth-order valence-corrected chi connectivity index (χ4v) is 1.83. The van der Waals surface area contributed by atoms with E-state index >= 15 is 0 Å². The quantitative estimate of drug-likeness (QED) is 0.770. The highest BCUT2D eigenvalue weighted by molar-refractivity contribution is 6.32. The van der Waals surface area contributed by atoms with Gasteiger partial charge in [-0.05, 0) is 25.7 Å². The Bertz CT molecular complexity index is 393. The molecule has 74 valence electrons. The highest BCUT2D eigenvalue weighted by Gasteiger charge is 2.19. The largest absolute Gasteiger partial charge is 0.476 e. The summed E-state index contributed by atoms with van der Waals surface area (Å²) in [6, 6.07) is 0. The smallest absolute Gasteiger partial charge is 0.357 e. The standard InChI is InChI=1S/C9H9ClN2O2/c10-8-7(9(13)14)11-5-3-1-2-4-6(5)12-8/h1-4H2,(H,13,14). The maximum atomic E-state index is 10.7. The molecule has 0 aliphatic heterocycles. The van der Waals surface area contributed by atoms with Crippen LogP contribution in [-0.2, 0) is 12.8 Å². The number of rotatable bonds is 1. The molecule has 0 saturated heterocycles. The fraction of sp³-hybridized carbons (Fsp3) is 0.444. The van der Waals surface area contributed by atoms with E-state index in [2.05, 4.69) is 9.97 Å². The summed E-state index contributed by atoms with van der Waals surface area (Å²) in [6.07, 6.45) is 3.77. The first-order valence-corrected chi connectivity index (χ1v) is 4.85. The summed E-state index contributed by atoms with van der Waals surface area (Å²) >= 11 is 5.70. The summed E-state index contributed by atoms with van der Waals surface area (Å²) in [7, 11) is 0. The lowest BCUT2D eigenvalue weighted by molar-refractivity contribution is 0.0689. The first kappa shape index (κ1) is 9.40. The number of nitrogens with zero attached hydrogens (tertiary/aromatic N) is 2. The molecule has 14 heavy (non-hydrogen) atoms. The Hall–Kier alpha value is -1.16. The van der Waals surface area contributed by atoms with E-state index in [1.165, 1.54) is 0 Å². The molecule has 0 bridgehead atoms. The first-order valence-electron chi connectivity index (χ1n) is 4.47. The summed E-state index contributed by atoms with van der Waals surface area (Å²) in [5.74, 6) is -1.11. The van der Waals surface area contributed by atoms with Crippen molar-refractivity contribution in [2.75, 3.05) is 0 Å². The van der Waals surface area contributed by atoms with Gasteiger partial charge in [0.25, 0.3) is 0 Å². The van der Waals surface area contributed by atoms with E-state index < -0.39 is 5.97 Å². The molecule has 0 fully saturated rings. The number of carboxylic acid groups (broad SMARTS) is 1. The van der Waals surface area contributed by atoms with Crippen LogP contribution in [0.3, 0.4) is 0 Å². The third kappa shape index (κ3) is 1.57. The third-order valence-corrected chi connectivity index (χ3v) is 2.55. The molecule has 1 aromatic rings. The minimum atomic E-state index is -1.11. The number of hydrogen-bond donors (Lipinski definition) is 1. The molecule has 0 spiro atoms. The maximum absolute atomic E-state index is 10.7. The van der Waals surface area contributed by atoms with E-state index in [1.54, 1.807) is 0 Å². The Balaban J connectivity index is 2.50. The lowest BCUT2D eigenvalue weighted by Crippen LogP contribution is -2.13. The van der Waals surface area contributed by atoms with Crippen LogP contribution in [0, 0.1) is 0 Å². The highest BCUT2D eigenvalue weighted by Crippen LogP contribution is 2.21. The van der Waals surface area contributed by atoms with Gasteiger partial charge in [0.15, 0.2) is 10.8 Å². The van der Waals surface area contributed by atoms with Crippen molar-refractivity contribution in [2.45, 2.75) is 25.7 Å². The van der Waals surface area contributed by atoms with Crippen LogP contribution in [-0.4, -0.2) is 21.0 Å². The molecule has 0 aromatic carbocycles. The van der Waals surface area contributed by atoms with Crippen LogP contribution in [0.5, 0.6) is 0 Å². The molecule has 1 aromatic heterocycles. The molecule has 1 aliphatic rings.